The number of rotatable bonds is 6. The number of morpholine rings is 1. The van der Waals surface area contributed by atoms with Gasteiger partial charge in [0.2, 0.25) is 0 Å². The maximum atomic E-state index is 12.3. The van der Waals surface area contributed by atoms with Gasteiger partial charge in [-0.3, -0.25) is 4.90 Å². The van der Waals surface area contributed by atoms with E-state index in [4.69, 9.17) is 9.47 Å². The number of benzene rings is 1. The minimum Gasteiger partial charge on any atom is -0.381 e. The predicted octanol–water partition coefficient (Wildman–Crippen LogP) is 2.10. The average molecular weight is 361 g/mol. The molecule has 2 N–H and O–H groups in total. The van der Waals surface area contributed by atoms with Crippen LogP contribution in [0, 0.1) is 0 Å². The number of hydrogen-bond acceptors (Lipinski definition) is 4. The Balaban J connectivity index is 1.59. The van der Waals surface area contributed by atoms with E-state index in [2.05, 4.69) is 46.7 Å². The molecule has 0 bridgehead atoms. The van der Waals surface area contributed by atoms with E-state index < -0.39 is 0 Å². The standard InChI is InChI=1S/C20H31N3O3/c1-2-16-3-5-17(6-4-16)19(23-9-13-26-14-10-23)15-21-20(24)22-18-7-11-25-12-8-18/h3-6,18-19H,2,7-15H2,1H3,(H2,21,22,24). The Hall–Kier alpha value is -1.63. The fraction of sp³-hybridized carbons (Fsp3) is 0.650. The Kier molecular flexibility index (Phi) is 7.29. The first-order valence-electron chi connectivity index (χ1n) is 9.79. The molecule has 2 aliphatic rings. The lowest BCUT2D eigenvalue weighted by Gasteiger charge is -2.35. The van der Waals surface area contributed by atoms with Crippen molar-refractivity contribution in [3.8, 4) is 0 Å². The molecule has 0 radical (unpaired) electrons. The molecule has 0 spiro atoms. The van der Waals surface area contributed by atoms with Gasteiger partial charge in [0.25, 0.3) is 0 Å². The lowest BCUT2D eigenvalue weighted by atomic mass is 10.0. The number of aryl methyl sites for hydroxylation is 1. The van der Waals surface area contributed by atoms with Crippen LogP contribution in [-0.4, -0.2) is 63.0 Å². The van der Waals surface area contributed by atoms with Crippen molar-refractivity contribution in [2.45, 2.75) is 38.3 Å². The highest BCUT2D eigenvalue weighted by Gasteiger charge is 2.24. The summed E-state index contributed by atoms with van der Waals surface area (Å²) in [5.41, 5.74) is 2.58. The van der Waals surface area contributed by atoms with Gasteiger partial charge in [0.15, 0.2) is 0 Å². The van der Waals surface area contributed by atoms with E-state index in [1.807, 2.05) is 0 Å². The summed E-state index contributed by atoms with van der Waals surface area (Å²) < 4.78 is 10.8. The highest BCUT2D eigenvalue weighted by molar-refractivity contribution is 5.74. The SMILES string of the molecule is CCc1ccc(C(CNC(=O)NC2CCOCC2)N2CCOCC2)cc1. The van der Waals surface area contributed by atoms with Crippen molar-refractivity contribution in [1.82, 2.24) is 15.5 Å². The van der Waals surface area contributed by atoms with Crippen LogP contribution in [0.1, 0.15) is 36.9 Å². The molecule has 2 amide bonds. The van der Waals surface area contributed by atoms with Crippen LogP contribution in [0.15, 0.2) is 24.3 Å². The molecule has 6 nitrogen and oxygen atoms in total. The number of hydrogen-bond donors (Lipinski definition) is 2. The minimum absolute atomic E-state index is 0.0830. The molecule has 0 aromatic heterocycles. The summed E-state index contributed by atoms with van der Waals surface area (Å²) in [4.78, 5) is 14.7. The number of urea groups is 1. The van der Waals surface area contributed by atoms with Gasteiger partial charge in [-0.1, -0.05) is 31.2 Å². The Morgan fingerprint density at radius 3 is 2.42 bits per heavy atom. The molecule has 144 valence electrons. The Bertz CT molecular complexity index is 552. The van der Waals surface area contributed by atoms with Crippen LogP contribution in [0.2, 0.25) is 0 Å². The summed E-state index contributed by atoms with van der Waals surface area (Å²) in [6.45, 7) is 7.50. The van der Waals surface area contributed by atoms with E-state index in [1.54, 1.807) is 0 Å². The fourth-order valence-electron chi connectivity index (χ4n) is 3.59. The summed E-state index contributed by atoms with van der Waals surface area (Å²) in [7, 11) is 0. The van der Waals surface area contributed by atoms with E-state index in [0.29, 0.717) is 6.54 Å². The Morgan fingerprint density at radius 1 is 1.12 bits per heavy atom. The fourth-order valence-corrected chi connectivity index (χ4v) is 3.59. The maximum absolute atomic E-state index is 12.3. The molecule has 0 aliphatic carbocycles. The van der Waals surface area contributed by atoms with E-state index >= 15 is 0 Å². The second-order valence-electron chi connectivity index (χ2n) is 7.00. The molecular weight excluding hydrogens is 330 g/mol. The maximum Gasteiger partial charge on any atom is 0.315 e. The Labute approximate surface area is 156 Å². The summed E-state index contributed by atoms with van der Waals surface area (Å²) in [6, 6.07) is 9.06. The van der Waals surface area contributed by atoms with Crippen molar-refractivity contribution >= 4 is 6.03 Å². The van der Waals surface area contributed by atoms with Crippen LogP contribution < -0.4 is 10.6 Å². The summed E-state index contributed by atoms with van der Waals surface area (Å²) >= 11 is 0. The van der Waals surface area contributed by atoms with Crippen molar-refractivity contribution in [2.75, 3.05) is 46.1 Å². The monoisotopic (exact) mass is 361 g/mol. The predicted molar refractivity (Wildman–Crippen MR) is 101 cm³/mol. The third kappa shape index (κ3) is 5.43. The smallest absolute Gasteiger partial charge is 0.315 e. The van der Waals surface area contributed by atoms with Crippen LogP contribution in [0.25, 0.3) is 0 Å². The van der Waals surface area contributed by atoms with Gasteiger partial charge in [-0.05, 0) is 30.4 Å². The molecule has 0 saturated carbocycles. The van der Waals surface area contributed by atoms with E-state index in [0.717, 1.165) is 58.8 Å². The zero-order chi connectivity index (χ0) is 18.2. The largest absolute Gasteiger partial charge is 0.381 e. The van der Waals surface area contributed by atoms with Crippen LogP contribution in [0.3, 0.4) is 0 Å². The molecule has 2 saturated heterocycles. The molecule has 6 heteroatoms. The van der Waals surface area contributed by atoms with Gasteiger partial charge in [-0.25, -0.2) is 4.79 Å². The van der Waals surface area contributed by atoms with Gasteiger partial charge in [0, 0.05) is 38.9 Å². The number of carbonyl (C=O) groups is 1. The molecule has 2 heterocycles. The van der Waals surface area contributed by atoms with Gasteiger partial charge in [-0.2, -0.15) is 0 Å². The molecule has 3 rings (SSSR count). The molecule has 26 heavy (non-hydrogen) atoms. The summed E-state index contributed by atoms with van der Waals surface area (Å²) in [5, 5.41) is 6.15. The highest BCUT2D eigenvalue weighted by atomic mass is 16.5. The number of amides is 2. The van der Waals surface area contributed by atoms with Crippen molar-refractivity contribution < 1.29 is 14.3 Å². The van der Waals surface area contributed by atoms with E-state index in [1.165, 1.54) is 11.1 Å². The number of nitrogens with zero attached hydrogens (tertiary/aromatic N) is 1. The minimum atomic E-state index is -0.0830. The van der Waals surface area contributed by atoms with Crippen LogP contribution in [0.5, 0.6) is 0 Å². The third-order valence-corrected chi connectivity index (χ3v) is 5.27. The molecule has 2 fully saturated rings. The van der Waals surface area contributed by atoms with Gasteiger partial charge in [0.05, 0.1) is 19.3 Å². The molecule has 1 aromatic rings. The van der Waals surface area contributed by atoms with Gasteiger partial charge in [0.1, 0.15) is 0 Å². The zero-order valence-corrected chi connectivity index (χ0v) is 15.7. The topological polar surface area (TPSA) is 62.8 Å². The molecule has 2 aliphatic heterocycles. The third-order valence-electron chi connectivity index (χ3n) is 5.27. The van der Waals surface area contributed by atoms with Crippen molar-refractivity contribution in [3.05, 3.63) is 35.4 Å². The number of nitrogens with one attached hydrogen (secondary N) is 2. The van der Waals surface area contributed by atoms with Crippen LogP contribution >= 0.6 is 0 Å². The van der Waals surface area contributed by atoms with Gasteiger partial charge in [-0.15, -0.1) is 0 Å². The average Bonchev–Trinajstić information content (AvgIpc) is 2.70. The number of carbonyl (C=O) groups excluding carboxylic acids is 1. The first-order valence-corrected chi connectivity index (χ1v) is 9.79. The van der Waals surface area contributed by atoms with Crippen molar-refractivity contribution in [3.63, 3.8) is 0 Å². The Morgan fingerprint density at radius 2 is 1.77 bits per heavy atom. The summed E-state index contributed by atoms with van der Waals surface area (Å²) in [5.74, 6) is 0. The summed E-state index contributed by atoms with van der Waals surface area (Å²) in [6.07, 6.45) is 2.81. The first kappa shape index (κ1) is 19.1. The van der Waals surface area contributed by atoms with E-state index in [9.17, 15) is 4.79 Å². The second kappa shape index (κ2) is 9.90. The molecule has 1 aromatic carbocycles. The van der Waals surface area contributed by atoms with Gasteiger partial charge >= 0.3 is 6.03 Å². The first-order chi connectivity index (χ1) is 12.8. The quantitative estimate of drug-likeness (QED) is 0.815. The number of ether oxygens (including phenoxy) is 2. The van der Waals surface area contributed by atoms with Gasteiger partial charge < -0.3 is 20.1 Å². The van der Waals surface area contributed by atoms with E-state index in [-0.39, 0.29) is 18.1 Å². The second-order valence-corrected chi connectivity index (χ2v) is 7.00. The zero-order valence-electron chi connectivity index (χ0n) is 15.7. The highest BCUT2D eigenvalue weighted by Crippen LogP contribution is 2.22. The van der Waals surface area contributed by atoms with Crippen molar-refractivity contribution in [1.29, 1.82) is 0 Å². The molecule has 1 unspecified atom stereocenters. The van der Waals surface area contributed by atoms with Crippen LogP contribution in [-0.2, 0) is 15.9 Å². The van der Waals surface area contributed by atoms with Crippen molar-refractivity contribution in [2.24, 2.45) is 0 Å². The molecular formula is C20H31N3O3. The van der Waals surface area contributed by atoms with Crippen LogP contribution in [0.4, 0.5) is 4.79 Å². The molecule has 1 atom stereocenters. The normalized spacial score (nSPS) is 20.5. The lowest BCUT2D eigenvalue weighted by molar-refractivity contribution is 0.0166. The lowest BCUT2D eigenvalue weighted by Crippen LogP contribution is -2.48.